The zero-order valence-electron chi connectivity index (χ0n) is 17.9. The van der Waals surface area contributed by atoms with Gasteiger partial charge in [-0.25, -0.2) is 0 Å². The molecule has 0 saturated carbocycles. The molecular weight excluding hydrogens is 372 g/mol. The fraction of sp³-hybridized carbons (Fsp3) is 0.360. The number of hydrogen-bond donors (Lipinski definition) is 1. The lowest BCUT2D eigenvalue weighted by atomic mass is 10.00. The number of nitrogens with zero attached hydrogens (tertiary/aromatic N) is 3. The van der Waals surface area contributed by atoms with Gasteiger partial charge in [0, 0.05) is 43.3 Å². The quantitative estimate of drug-likeness (QED) is 0.470. The van der Waals surface area contributed by atoms with Crippen molar-refractivity contribution in [3.63, 3.8) is 0 Å². The summed E-state index contributed by atoms with van der Waals surface area (Å²) in [5, 5.41) is 5.23. The number of anilines is 1. The number of benzene rings is 2. The Morgan fingerprint density at radius 1 is 1.07 bits per heavy atom. The van der Waals surface area contributed by atoms with Gasteiger partial charge in [-0.2, -0.15) is 5.10 Å². The van der Waals surface area contributed by atoms with E-state index in [4.69, 9.17) is 0 Å². The largest absolute Gasteiger partial charge is 0.308 e. The molecule has 5 heteroatoms. The summed E-state index contributed by atoms with van der Waals surface area (Å²) >= 11 is 0. The maximum atomic E-state index is 13.3. The number of para-hydroxylation sites is 1. The first kappa shape index (κ1) is 20.4. The predicted molar refractivity (Wildman–Crippen MR) is 125 cm³/mol. The zero-order valence-corrected chi connectivity index (χ0v) is 17.9. The highest BCUT2D eigenvalue weighted by Crippen LogP contribution is 2.26. The Balaban J connectivity index is 1.56. The second kappa shape index (κ2) is 9.26. The van der Waals surface area contributed by atoms with Gasteiger partial charge in [0.1, 0.15) is 0 Å². The Kier molecular flexibility index (Phi) is 6.29. The molecular formula is C25H30N4O. The van der Waals surface area contributed by atoms with Crippen molar-refractivity contribution in [1.82, 2.24) is 9.47 Å². The molecule has 0 spiro atoms. The third kappa shape index (κ3) is 4.03. The first-order valence-corrected chi connectivity index (χ1v) is 10.9. The Hall–Kier alpha value is -2.92. The molecule has 0 fully saturated rings. The van der Waals surface area contributed by atoms with Gasteiger partial charge in [0.15, 0.2) is 0 Å². The van der Waals surface area contributed by atoms with E-state index >= 15 is 0 Å². The van der Waals surface area contributed by atoms with Gasteiger partial charge in [-0.15, -0.1) is 0 Å². The average molecular weight is 403 g/mol. The predicted octanol–water partition coefficient (Wildman–Crippen LogP) is 4.43. The molecule has 156 valence electrons. The monoisotopic (exact) mass is 402 g/mol. The van der Waals surface area contributed by atoms with Crippen LogP contribution in [-0.4, -0.2) is 28.8 Å². The summed E-state index contributed by atoms with van der Waals surface area (Å²) in [5.41, 5.74) is 8.69. The van der Waals surface area contributed by atoms with Gasteiger partial charge in [0.2, 0.25) is 0 Å². The van der Waals surface area contributed by atoms with Crippen LogP contribution in [0.25, 0.3) is 10.9 Å². The van der Waals surface area contributed by atoms with Crippen LogP contribution in [0.2, 0.25) is 0 Å². The normalized spacial score (nSPS) is 14.3. The van der Waals surface area contributed by atoms with E-state index in [1.54, 1.807) is 6.21 Å². The van der Waals surface area contributed by atoms with Gasteiger partial charge < -0.3 is 4.57 Å². The van der Waals surface area contributed by atoms with E-state index in [9.17, 15) is 4.79 Å². The lowest BCUT2D eigenvalue weighted by Gasteiger charge is -2.28. The van der Waals surface area contributed by atoms with E-state index < -0.39 is 0 Å². The highest BCUT2D eigenvalue weighted by atomic mass is 16.1. The molecule has 1 aromatic heterocycles. The molecule has 4 rings (SSSR count). The fourth-order valence-electron chi connectivity index (χ4n) is 4.47. The van der Waals surface area contributed by atoms with Crippen molar-refractivity contribution in [2.24, 2.45) is 5.10 Å². The van der Waals surface area contributed by atoms with Crippen molar-refractivity contribution >= 4 is 22.8 Å². The molecule has 1 N–H and O–H groups in total. The Bertz CT molecular complexity index is 1120. The number of fused-ring (bicyclic) bond motifs is 2. The standard InChI is InChI=1S/C25H30N4O/c1-3-21-24(27-26-4-2)22-12-7-8-13-23(22)29(25(21)30)16-9-15-28-17-14-19-10-5-6-11-20(19)18-28/h4-8,10-13,27H,3,9,14-18H2,1-2H3/b26-4+. The van der Waals surface area contributed by atoms with Gasteiger partial charge >= 0.3 is 0 Å². The maximum Gasteiger partial charge on any atom is 0.256 e. The molecule has 0 unspecified atom stereocenters. The van der Waals surface area contributed by atoms with E-state index in [1.165, 1.54) is 11.1 Å². The van der Waals surface area contributed by atoms with Gasteiger partial charge in [0.05, 0.1) is 11.2 Å². The molecule has 1 aliphatic rings. The molecule has 1 aliphatic heterocycles. The summed E-state index contributed by atoms with van der Waals surface area (Å²) < 4.78 is 1.95. The third-order valence-electron chi connectivity index (χ3n) is 5.99. The maximum absolute atomic E-state index is 13.3. The van der Waals surface area contributed by atoms with Gasteiger partial charge in [-0.1, -0.05) is 49.4 Å². The van der Waals surface area contributed by atoms with Crippen molar-refractivity contribution in [1.29, 1.82) is 0 Å². The average Bonchev–Trinajstić information content (AvgIpc) is 2.79. The van der Waals surface area contributed by atoms with E-state index in [2.05, 4.69) is 45.8 Å². The van der Waals surface area contributed by atoms with E-state index in [-0.39, 0.29) is 5.56 Å². The summed E-state index contributed by atoms with van der Waals surface area (Å²) in [6.07, 6.45) is 4.44. The molecule has 0 radical (unpaired) electrons. The number of nitrogens with one attached hydrogen (secondary N) is 1. The smallest absolute Gasteiger partial charge is 0.256 e. The summed E-state index contributed by atoms with van der Waals surface area (Å²) in [6.45, 7) is 7.70. The van der Waals surface area contributed by atoms with Crippen LogP contribution >= 0.6 is 0 Å². The zero-order chi connectivity index (χ0) is 20.9. The van der Waals surface area contributed by atoms with Crippen molar-refractivity contribution < 1.29 is 0 Å². The van der Waals surface area contributed by atoms with Crippen LogP contribution in [0.5, 0.6) is 0 Å². The van der Waals surface area contributed by atoms with Crippen LogP contribution < -0.4 is 11.0 Å². The lowest BCUT2D eigenvalue weighted by molar-refractivity contribution is 0.246. The summed E-state index contributed by atoms with van der Waals surface area (Å²) in [6, 6.07) is 16.8. The van der Waals surface area contributed by atoms with Crippen LogP contribution in [-0.2, 0) is 25.9 Å². The molecule has 0 atom stereocenters. The minimum Gasteiger partial charge on any atom is -0.308 e. The lowest BCUT2D eigenvalue weighted by Crippen LogP contribution is -2.33. The highest BCUT2D eigenvalue weighted by molar-refractivity contribution is 5.93. The molecule has 3 aromatic rings. The van der Waals surface area contributed by atoms with Crippen LogP contribution in [0, 0.1) is 0 Å². The topological polar surface area (TPSA) is 49.6 Å². The van der Waals surface area contributed by atoms with Gasteiger partial charge in [-0.05, 0) is 43.4 Å². The Morgan fingerprint density at radius 3 is 2.63 bits per heavy atom. The first-order valence-electron chi connectivity index (χ1n) is 10.9. The Labute approximate surface area is 178 Å². The highest BCUT2D eigenvalue weighted by Gasteiger charge is 2.17. The van der Waals surface area contributed by atoms with Crippen molar-refractivity contribution in [3.8, 4) is 0 Å². The summed E-state index contributed by atoms with van der Waals surface area (Å²) in [7, 11) is 0. The molecule has 30 heavy (non-hydrogen) atoms. The molecule has 0 aliphatic carbocycles. The first-order chi connectivity index (χ1) is 14.7. The van der Waals surface area contributed by atoms with E-state index in [0.29, 0.717) is 6.42 Å². The number of aromatic nitrogens is 1. The van der Waals surface area contributed by atoms with E-state index in [1.807, 2.05) is 36.6 Å². The van der Waals surface area contributed by atoms with Crippen molar-refractivity contribution in [2.75, 3.05) is 18.5 Å². The van der Waals surface area contributed by atoms with Crippen molar-refractivity contribution in [3.05, 3.63) is 75.6 Å². The van der Waals surface area contributed by atoms with Gasteiger partial charge in [-0.3, -0.25) is 15.1 Å². The number of pyridine rings is 1. The number of hydrazone groups is 1. The van der Waals surface area contributed by atoms with Crippen LogP contribution in [0.3, 0.4) is 0 Å². The number of rotatable bonds is 7. The second-order valence-electron chi connectivity index (χ2n) is 7.83. The second-order valence-corrected chi connectivity index (χ2v) is 7.83. The number of aryl methyl sites for hydroxylation is 1. The van der Waals surface area contributed by atoms with E-state index in [0.717, 1.165) is 61.2 Å². The Morgan fingerprint density at radius 2 is 1.83 bits per heavy atom. The van der Waals surface area contributed by atoms with Crippen LogP contribution in [0.15, 0.2) is 58.4 Å². The molecule has 0 bridgehead atoms. The molecule has 2 aromatic carbocycles. The SMILES string of the molecule is C/C=N/Nc1c(CC)c(=O)n(CCCN2CCc3ccccc3C2)c2ccccc12. The number of hydrogen-bond acceptors (Lipinski definition) is 4. The minimum atomic E-state index is 0.0917. The molecule has 0 saturated heterocycles. The summed E-state index contributed by atoms with van der Waals surface area (Å²) in [5.74, 6) is 0. The van der Waals surface area contributed by atoms with Crippen LogP contribution in [0.4, 0.5) is 5.69 Å². The third-order valence-corrected chi connectivity index (χ3v) is 5.99. The molecule has 2 heterocycles. The van der Waals surface area contributed by atoms with Gasteiger partial charge in [0.25, 0.3) is 5.56 Å². The fourth-order valence-corrected chi connectivity index (χ4v) is 4.47. The van der Waals surface area contributed by atoms with Crippen LogP contribution in [0.1, 0.15) is 37.0 Å². The molecule has 0 amide bonds. The summed E-state index contributed by atoms with van der Waals surface area (Å²) in [4.78, 5) is 15.8. The molecule has 5 nitrogen and oxygen atoms in total. The van der Waals surface area contributed by atoms with Crippen molar-refractivity contribution in [2.45, 2.75) is 46.2 Å². The minimum absolute atomic E-state index is 0.0917.